The second kappa shape index (κ2) is 5.48. The van der Waals surface area contributed by atoms with Crippen LogP contribution in [0, 0.1) is 0 Å². The summed E-state index contributed by atoms with van der Waals surface area (Å²) in [6, 6.07) is 8.58. The second-order valence-corrected chi connectivity index (χ2v) is 5.23. The molecule has 2 rings (SSSR count). The Balaban J connectivity index is 2.76. The summed E-state index contributed by atoms with van der Waals surface area (Å²) < 4.78 is 1.33. The van der Waals surface area contributed by atoms with Gasteiger partial charge >= 0.3 is 0 Å². The standard InChI is InChI=1S/C15H15I/c1-12-7-3-2-4-9-14(16)11-13-8-5-6-10-15(12)13/h3,5-11H,2,4H2,1H3/b7-3?,13-11-,14-9-,15-12?. The molecule has 0 saturated carbocycles. The maximum absolute atomic E-state index is 2.40. The van der Waals surface area contributed by atoms with Crippen LogP contribution in [0.3, 0.4) is 0 Å². The van der Waals surface area contributed by atoms with Crippen molar-refractivity contribution in [3.8, 4) is 0 Å². The number of hydrogen-bond acceptors (Lipinski definition) is 0. The third kappa shape index (κ3) is 2.85. The number of fused-ring (bicyclic) bond motifs is 1. The summed E-state index contributed by atoms with van der Waals surface area (Å²) in [5.74, 6) is 0. The molecule has 0 amide bonds. The number of halogens is 1. The average molecular weight is 322 g/mol. The van der Waals surface area contributed by atoms with Crippen molar-refractivity contribution in [1.29, 1.82) is 0 Å². The van der Waals surface area contributed by atoms with Gasteiger partial charge in [-0.2, -0.15) is 0 Å². The fraction of sp³-hybridized carbons (Fsp3) is 0.200. The van der Waals surface area contributed by atoms with Gasteiger partial charge in [-0.3, -0.25) is 0 Å². The van der Waals surface area contributed by atoms with Gasteiger partial charge < -0.3 is 0 Å². The van der Waals surface area contributed by atoms with E-state index in [-0.39, 0.29) is 0 Å². The second-order valence-electron chi connectivity index (χ2n) is 3.98. The highest BCUT2D eigenvalue weighted by Crippen LogP contribution is 2.10. The van der Waals surface area contributed by atoms with Gasteiger partial charge in [-0.05, 0) is 64.4 Å². The van der Waals surface area contributed by atoms with Crippen molar-refractivity contribution in [2.45, 2.75) is 19.8 Å². The number of hydrogen-bond donors (Lipinski definition) is 0. The molecule has 16 heavy (non-hydrogen) atoms. The SMILES string of the molecule is CC1=c2cccc/c2=C/C(I)=C/CCC=C1. The van der Waals surface area contributed by atoms with E-state index in [9.17, 15) is 0 Å². The van der Waals surface area contributed by atoms with Crippen LogP contribution in [0.5, 0.6) is 0 Å². The molecule has 1 aromatic carbocycles. The van der Waals surface area contributed by atoms with Gasteiger partial charge in [-0.25, -0.2) is 0 Å². The predicted molar refractivity (Wildman–Crippen MR) is 79.7 cm³/mol. The van der Waals surface area contributed by atoms with E-state index in [4.69, 9.17) is 0 Å². The fourth-order valence-corrected chi connectivity index (χ4v) is 2.50. The third-order valence-corrected chi connectivity index (χ3v) is 3.47. The molecular weight excluding hydrogens is 307 g/mol. The lowest BCUT2D eigenvalue weighted by Gasteiger charge is -1.99. The van der Waals surface area contributed by atoms with Crippen molar-refractivity contribution in [1.82, 2.24) is 0 Å². The molecule has 0 spiro atoms. The van der Waals surface area contributed by atoms with Crippen molar-refractivity contribution < 1.29 is 0 Å². The van der Waals surface area contributed by atoms with Gasteiger partial charge in [0.25, 0.3) is 0 Å². The van der Waals surface area contributed by atoms with Crippen LogP contribution in [0.4, 0.5) is 0 Å². The highest BCUT2D eigenvalue weighted by Gasteiger charge is 1.93. The zero-order chi connectivity index (χ0) is 11.4. The van der Waals surface area contributed by atoms with E-state index in [0.717, 1.165) is 12.8 Å². The molecule has 1 aromatic rings. The Morgan fingerprint density at radius 1 is 1.12 bits per heavy atom. The molecule has 0 heterocycles. The van der Waals surface area contributed by atoms with Crippen molar-refractivity contribution in [2.75, 3.05) is 0 Å². The Morgan fingerprint density at radius 2 is 1.94 bits per heavy atom. The molecule has 82 valence electrons. The van der Waals surface area contributed by atoms with Gasteiger partial charge in [0.05, 0.1) is 0 Å². The highest BCUT2D eigenvalue weighted by atomic mass is 127. The van der Waals surface area contributed by atoms with Crippen LogP contribution >= 0.6 is 22.6 Å². The van der Waals surface area contributed by atoms with Crippen molar-refractivity contribution >= 4 is 34.2 Å². The topological polar surface area (TPSA) is 0 Å². The lowest BCUT2D eigenvalue weighted by Crippen LogP contribution is -2.25. The van der Waals surface area contributed by atoms with Crippen LogP contribution in [-0.2, 0) is 0 Å². The molecule has 0 unspecified atom stereocenters. The number of allylic oxidation sites excluding steroid dienone is 4. The predicted octanol–water partition coefficient (Wildman–Crippen LogP) is 3.31. The summed E-state index contributed by atoms with van der Waals surface area (Å²) in [5.41, 5.74) is 1.35. The normalized spacial score (nSPS) is 21.5. The van der Waals surface area contributed by atoms with E-state index in [1.54, 1.807) is 0 Å². The Bertz CT molecular complexity index is 547. The Morgan fingerprint density at radius 3 is 2.81 bits per heavy atom. The molecule has 0 fully saturated rings. The molecule has 0 radical (unpaired) electrons. The van der Waals surface area contributed by atoms with Crippen LogP contribution in [0.1, 0.15) is 19.8 Å². The molecule has 1 heteroatoms. The molecule has 0 aromatic heterocycles. The number of rotatable bonds is 0. The molecule has 0 nitrogen and oxygen atoms in total. The van der Waals surface area contributed by atoms with Gasteiger partial charge in [0.1, 0.15) is 0 Å². The Hall–Kier alpha value is -0.830. The van der Waals surface area contributed by atoms with E-state index >= 15 is 0 Å². The minimum atomic E-state index is 1.12. The molecule has 1 aliphatic carbocycles. The summed E-state index contributed by atoms with van der Waals surface area (Å²) in [6.07, 6.45) is 11.3. The highest BCUT2D eigenvalue weighted by molar-refractivity contribution is 14.1. The monoisotopic (exact) mass is 322 g/mol. The van der Waals surface area contributed by atoms with Gasteiger partial charge in [-0.15, -0.1) is 0 Å². The van der Waals surface area contributed by atoms with Crippen molar-refractivity contribution in [3.05, 3.63) is 56.5 Å². The maximum atomic E-state index is 2.40. The summed E-state index contributed by atoms with van der Waals surface area (Å²) in [4.78, 5) is 0. The first-order valence-electron chi connectivity index (χ1n) is 5.57. The van der Waals surface area contributed by atoms with Gasteiger partial charge in [0.2, 0.25) is 0 Å². The molecular formula is C15H15I. The van der Waals surface area contributed by atoms with Crippen LogP contribution in [-0.4, -0.2) is 0 Å². The van der Waals surface area contributed by atoms with Crippen LogP contribution in [0.2, 0.25) is 0 Å². The minimum Gasteiger partial charge on any atom is -0.0839 e. The quantitative estimate of drug-likeness (QED) is 0.643. The van der Waals surface area contributed by atoms with E-state index in [0.29, 0.717) is 0 Å². The average Bonchev–Trinajstić information content (AvgIpc) is 2.28. The van der Waals surface area contributed by atoms with Crippen LogP contribution in [0.25, 0.3) is 11.6 Å². The largest absolute Gasteiger partial charge is 0.0839 e. The van der Waals surface area contributed by atoms with E-state index in [1.807, 2.05) is 0 Å². The lowest BCUT2D eigenvalue weighted by atomic mass is 10.1. The van der Waals surface area contributed by atoms with Gasteiger partial charge in [-0.1, -0.05) is 42.5 Å². The molecule has 1 aliphatic rings. The first-order valence-corrected chi connectivity index (χ1v) is 6.65. The molecule has 0 saturated heterocycles. The van der Waals surface area contributed by atoms with Crippen molar-refractivity contribution in [3.63, 3.8) is 0 Å². The van der Waals surface area contributed by atoms with E-state index in [2.05, 4.69) is 78.1 Å². The summed E-state index contributed by atoms with van der Waals surface area (Å²) in [7, 11) is 0. The fourth-order valence-electron chi connectivity index (χ4n) is 1.86. The van der Waals surface area contributed by atoms with E-state index < -0.39 is 0 Å². The summed E-state index contributed by atoms with van der Waals surface area (Å²) >= 11 is 2.40. The van der Waals surface area contributed by atoms with Crippen LogP contribution in [0.15, 0.2) is 46.1 Å². The first-order chi connectivity index (χ1) is 7.77. The molecule has 0 bridgehead atoms. The van der Waals surface area contributed by atoms with E-state index in [1.165, 1.54) is 19.6 Å². The summed E-state index contributed by atoms with van der Waals surface area (Å²) in [6.45, 7) is 2.18. The Labute approximate surface area is 110 Å². The maximum Gasteiger partial charge on any atom is 0.00962 e. The van der Waals surface area contributed by atoms with Crippen LogP contribution < -0.4 is 10.4 Å². The molecule has 0 N–H and O–H groups in total. The third-order valence-electron chi connectivity index (χ3n) is 2.72. The number of benzene rings is 1. The smallest absolute Gasteiger partial charge is 0.00962 e. The molecule has 0 atom stereocenters. The van der Waals surface area contributed by atoms with Gasteiger partial charge in [0.15, 0.2) is 0 Å². The molecule has 0 aliphatic heterocycles. The Kier molecular flexibility index (Phi) is 3.99. The summed E-state index contributed by atoms with van der Waals surface area (Å²) in [5, 5.41) is 2.65. The zero-order valence-electron chi connectivity index (χ0n) is 9.41. The zero-order valence-corrected chi connectivity index (χ0v) is 11.6. The first kappa shape index (κ1) is 11.6. The van der Waals surface area contributed by atoms with Gasteiger partial charge in [0, 0.05) is 3.58 Å². The lowest BCUT2D eigenvalue weighted by molar-refractivity contribution is 1.05. The minimum absolute atomic E-state index is 1.12. The van der Waals surface area contributed by atoms with Crippen molar-refractivity contribution in [2.24, 2.45) is 0 Å².